The van der Waals surface area contributed by atoms with E-state index in [4.69, 9.17) is 0 Å². The minimum Gasteiger partial charge on any atom is -0.207 e. The van der Waals surface area contributed by atoms with Gasteiger partial charge in [-0.3, -0.25) is 0 Å². The van der Waals surface area contributed by atoms with Crippen LogP contribution in [0.4, 0.5) is 39.5 Å². The number of thioether (sulfide) groups is 6. The molecular weight excluding hydrogens is 1590 g/mol. The van der Waals surface area contributed by atoms with Crippen LogP contribution in [0.2, 0.25) is 0 Å². The van der Waals surface area contributed by atoms with E-state index in [0.717, 1.165) is 78.5 Å². The summed E-state index contributed by atoms with van der Waals surface area (Å²) < 4.78 is 125. The van der Waals surface area contributed by atoms with Crippen molar-refractivity contribution in [2.75, 3.05) is 0 Å². The molecule has 15 heteroatoms. The first-order valence-electron chi connectivity index (χ1n) is 40.3. The van der Waals surface area contributed by atoms with E-state index in [2.05, 4.69) is 192 Å². The van der Waals surface area contributed by atoms with Gasteiger partial charge in [0.15, 0.2) is 23.3 Å². The van der Waals surface area contributed by atoms with Gasteiger partial charge < -0.3 is 0 Å². The molecule has 606 valence electrons. The van der Waals surface area contributed by atoms with Gasteiger partial charge in [0.2, 0.25) is 0 Å². The molecule has 0 saturated heterocycles. The fourth-order valence-electron chi connectivity index (χ4n) is 17.6. The van der Waals surface area contributed by atoms with Gasteiger partial charge in [0.1, 0.15) is 29.1 Å². The van der Waals surface area contributed by atoms with Gasteiger partial charge in [0.05, 0.1) is 0 Å². The van der Waals surface area contributed by atoms with Crippen LogP contribution in [-0.2, 0) is 34.5 Å². The average molecular weight is 1690 g/mol. The minimum absolute atomic E-state index is 0.0616. The van der Waals surface area contributed by atoms with Crippen molar-refractivity contribution in [1.82, 2.24) is 0 Å². The highest BCUT2D eigenvalue weighted by Gasteiger charge is 2.36. The largest absolute Gasteiger partial charge is 0.207 e. The molecular formula is C102H99F9S6. The van der Waals surface area contributed by atoms with Crippen molar-refractivity contribution in [3.8, 4) is 0 Å². The minimum atomic E-state index is -0.752. The topological polar surface area (TPSA) is 0 Å². The van der Waals surface area contributed by atoms with Gasteiger partial charge in [0.25, 0.3) is 0 Å². The highest BCUT2D eigenvalue weighted by atomic mass is 32.2. The molecule has 6 aliphatic heterocycles. The summed E-state index contributed by atoms with van der Waals surface area (Å²) in [5.74, 6) is 3.81. The van der Waals surface area contributed by atoms with Gasteiger partial charge in [0, 0.05) is 111 Å². The number of fused-ring (bicyclic) bond motifs is 12. The fraction of sp³-hybridized carbons (Fsp3) is 0.294. The number of hydrogen-bond donors (Lipinski definition) is 0. The van der Waals surface area contributed by atoms with Crippen LogP contribution >= 0.6 is 70.6 Å². The Morgan fingerprint density at radius 2 is 0.547 bits per heavy atom. The van der Waals surface area contributed by atoms with Gasteiger partial charge in [-0.15, -0.1) is 70.6 Å². The van der Waals surface area contributed by atoms with Crippen LogP contribution in [0.25, 0.3) is 0 Å². The van der Waals surface area contributed by atoms with E-state index < -0.39 is 23.3 Å². The Morgan fingerprint density at radius 3 is 1.02 bits per heavy atom. The molecule has 12 aromatic carbocycles. The zero-order valence-corrected chi connectivity index (χ0v) is 72.9. The summed E-state index contributed by atoms with van der Waals surface area (Å²) in [6.07, 6.45) is 0. The van der Waals surface area contributed by atoms with Gasteiger partial charge in [-0.2, -0.15) is 0 Å². The van der Waals surface area contributed by atoms with Crippen molar-refractivity contribution in [3.05, 3.63) is 389 Å². The second-order valence-corrected chi connectivity index (χ2v) is 38.7. The lowest BCUT2D eigenvalue weighted by Gasteiger charge is -2.24. The van der Waals surface area contributed by atoms with Crippen molar-refractivity contribution in [3.63, 3.8) is 0 Å². The molecule has 0 radical (unpaired) electrons. The summed E-state index contributed by atoms with van der Waals surface area (Å²) in [6.45, 7) is 25.9. The predicted molar refractivity (Wildman–Crippen MR) is 474 cm³/mol. The molecule has 6 heterocycles. The van der Waals surface area contributed by atoms with Crippen molar-refractivity contribution < 1.29 is 39.5 Å². The Labute approximate surface area is 711 Å². The van der Waals surface area contributed by atoms with E-state index in [1.54, 1.807) is 77.8 Å². The average Bonchev–Trinajstić information content (AvgIpc) is 1.72. The van der Waals surface area contributed by atoms with E-state index in [1.807, 2.05) is 78.1 Å². The molecule has 0 nitrogen and oxygen atoms in total. The number of rotatable bonds is 6. The third-order valence-corrected chi connectivity index (χ3v) is 29.6. The van der Waals surface area contributed by atoms with E-state index in [1.165, 1.54) is 100.0 Å². The molecule has 0 fully saturated rings. The summed E-state index contributed by atoms with van der Waals surface area (Å²) in [6, 6.07) is 74.2. The van der Waals surface area contributed by atoms with E-state index >= 15 is 0 Å². The Balaban J connectivity index is 0.000000122. The standard InChI is InChI=1S/3C17H16F2S.3C17H17FS/c1-10(2)15-12-6-4-8-14(19)17(12)20-9-11-5-3-7-13(18)16(11)15;1-10(2)17-12-5-3-4-6-16(12)20-9-11-7-14(18)15(19)8-13(11)17;1-10(2)16-11-7-8-14(18)17(19)13(11)9-20-15-6-4-3-5-12(15)16;1-11(2)16-13-7-3-4-9-15(13)19-10-12-6-5-8-14(18)17(12)16;1-11(2)17-12-7-5-8-15(18)14(12)10-19-16-9-4-3-6-13(16)17;1-11(2)17-14-8-7-13(18)9-12(14)10-19-16-6-4-3-5-15(16)17/h3-8,10,15H,9H2,1-2H3;3-8,10,17H,9H2,1-2H3;3-8,10,16H,9H2,1-2H3;3-9,11,16H,10H2,1-2H3;2*3-9,11,17H,10H2,1-2H3/t15-;17-;2*16-;2*17-/m110100/s1. The number of benzene rings is 12. The predicted octanol–water partition coefficient (Wildman–Crippen LogP) is 31.7. The van der Waals surface area contributed by atoms with Gasteiger partial charge in [-0.1, -0.05) is 235 Å². The molecule has 0 saturated carbocycles. The molecule has 12 aromatic rings. The van der Waals surface area contributed by atoms with Crippen LogP contribution in [0.1, 0.15) is 219 Å². The first-order chi connectivity index (χ1) is 56.3. The van der Waals surface area contributed by atoms with E-state index in [9.17, 15) is 39.5 Å². The molecule has 18 rings (SSSR count). The normalized spacial score (nSPS) is 17.7. The first-order valence-corrected chi connectivity index (χ1v) is 46.3. The second-order valence-electron chi connectivity index (χ2n) is 32.6. The summed E-state index contributed by atoms with van der Waals surface area (Å²) in [5.41, 5.74) is 18.8. The summed E-state index contributed by atoms with van der Waals surface area (Å²) in [5, 5.41) is 0. The van der Waals surface area contributed by atoms with Crippen LogP contribution in [0.3, 0.4) is 0 Å². The van der Waals surface area contributed by atoms with Crippen LogP contribution in [0, 0.1) is 87.9 Å². The summed E-state index contributed by atoms with van der Waals surface area (Å²) >= 11 is 10.1. The van der Waals surface area contributed by atoms with Crippen molar-refractivity contribution in [2.45, 2.75) is 182 Å². The lowest BCUT2D eigenvalue weighted by atomic mass is 9.80. The Kier molecular flexibility index (Phi) is 29.1. The van der Waals surface area contributed by atoms with Crippen molar-refractivity contribution >= 4 is 70.6 Å². The van der Waals surface area contributed by atoms with Crippen LogP contribution in [0.5, 0.6) is 0 Å². The monoisotopic (exact) mass is 1690 g/mol. The van der Waals surface area contributed by atoms with Crippen LogP contribution < -0.4 is 0 Å². The molecule has 6 aliphatic rings. The molecule has 0 bridgehead atoms. The third-order valence-electron chi connectivity index (χ3n) is 22.8. The van der Waals surface area contributed by atoms with Crippen LogP contribution in [0.15, 0.2) is 266 Å². The van der Waals surface area contributed by atoms with Crippen molar-refractivity contribution in [2.24, 2.45) is 35.5 Å². The quantitative estimate of drug-likeness (QED) is 0.151. The molecule has 0 amide bonds. The SMILES string of the molecule is CC(C)[C@@H]1c2cccc(F)c2SCc2cccc(F)c21.CC(C)[C@@H]1c2ccccc2SCc2c(F)cccc21.CC(C)[C@@H]1c2ccccc2SCc2c1ccc(F)c2F.CC(C)[C@@H]1c2ccccc2SCc2cccc(F)c21.CC(C)[C@H]1c2cc(F)c(F)cc2CSc2ccccc21.CC(C)[C@H]1c2ccc(F)cc2CSc2ccccc21. The lowest BCUT2D eigenvalue weighted by Crippen LogP contribution is -2.12. The molecule has 0 unspecified atom stereocenters. The molecule has 0 spiro atoms. The highest BCUT2D eigenvalue weighted by Crippen LogP contribution is 2.52. The Hall–Kier alpha value is -7.89. The molecule has 0 N–H and O–H groups in total. The fourth-order valence-corrected chi connectivity index (χ4v) is 24.3. The lowest BCUT2D eigenvalue weighted by molar-refractivity contribution is 0.492. The van der Waals surface area contributed by atoms with Gasteiger partial charge in [-0.05, 0) is 209 Å². The van der Waals surface area contributed by atoms with Crippen molar-refractivity contribution in [1.29, 1.82) is 0 Å². The Bertz CT molecular complexity index is 5470. The second kappa shape index (κ2) is 39.1. The van der Waals surface area contributed by atoms with E-state index in [0.29, 0.717) is 63.2 Å². The summed E-state index contributed by atoms with van der Waals surface area (Å²) in [7, 11) is 0. The summed E-state index contributed by atoms with van der Waals surface area (Å²) in [4.78, 5) is 6.96. The zero-order chi connectivity index (χ0) is 83.0. The molecule has 6 atom stereocenters. The number of hydrogen-bond acceptors (Lipinski definition) is 6. The maximum Gasteiger partial charge on any atom is 0.163 e. The maximum absolute atomic E-state index is 14.4. The van der Waals surface area contributed by atoms with Gasteiger partial charge >= 0.3 is 0 Å². The number of halogens is 9. The van der Waals surface area contributed by atoms with E-state index in [-0.39, 0.29) is 64.6 Å². The van der Waals surface area contributed by atoms with Gasteiger partial charge in [-0.25, -0.2) is 39.5 Å². The maximum atomic E-state index is 14.4. The zero-order valence-electron chi connectivity index (χ0n) is 68.0. The Morgan fingerprint density at radius 1 is 0.222 bits per heavy atom. The molecule has 117 heavy (non-hydrogen) atoms. The molecule has 0 aromatic heterocycles. The highest BCUT2D eigenvalue weighted by molar-refractivity contribution is 7.99. The smallest absolute Gasteiger partial charge is 0.163 e. The first kappa shape index (κ1) is 86.9. The molecule has 0 aliphatic carbocycles. The van der Waals surface area contributed by atoms with Crippen LogP contribution in [-0.4, -0.2) is 0 Å². The third kappa shape index (κ3) is 19.3.